The van der Waals surface area contributed by atoms with E-state index in [0.717, 1.165) is 36.2 Å². The van der Waals surface area contributed by atoms with Gasteiger partial charge in [-0.05, 0) is 48.2 Å². The molecule has 4 rings (SSSR count). The van der Waals surface area contributed by atoms with E-state index in [1.54, 1.807) is 18.2 Å². The molecule has 0 unspecified atom stereocenters. The Hall–Kier alpha value is -3.02. The number of methoxy groups -OCH3 is 2. The summed E-state index contributed by atoms with van der Waals surface area (Å²) in [6.07, 6.45) is 2.26. The molecule has 0 aromatic heterocycles. The summed E-state index contributed by atoms with van der Waals surface area (Å²) < 4.78 is 10.6. The zero-order chi connectivity index (χ0) is 18.3. The van der Waals surface area contributed by atoms with Gasteiger partial charge in [-0.3, -0.25) is 9.59 Å². The standard InChI is InChI=1S/C20H20N2O4/c1-25-16-7-3-6-15(19(16)26-2)20(24)21-14-9-12-5-4-8-22-17(23)11-13(10-14)18(12)22/h3,6-7,9-10H,4-5,8,11H2,1-2H3,(H,21,24). The summed E-state index contributed by atoms with van der Waals surface area (Å²) in [5.74, 6) is 0.769. The zero-order valence-electron chi connectivity index (χ0n) is 14.8. The fourth-order valence-corrected chi connectivity index (χ4v) is 3.82. The largest absolute Gasteiger partial charge is 0.493 e. The first kappa shape index (κ1) is 16.4. The van der Waals surface area contributed by atoms with Gasteiger partial charge in [0, 0.05) is 12.2 Å². The van der Waals surface area contributed by atoms with Gasteiger partial charge < -0.3 is 19.7 Å². The smallest absolute Gasteiger partial charge is 0.259 e. The molecule has 2 aromatic rings. The highest BCUT2D eigenvalue weighted by Gasteiger charge is 2.32. The lowest BCUT2D eigenvalue weighted by Gasteiger charge is -2.26. The number of ether oxygens (including phenoxy) is 2. The number of benzene rings is 2. The van der Waals surface area contributed by atoms with E-state index in [4.69, 9.17) is 9.47 Å². The van der Waals surface area contributed by atoms with Gasteiger partial charge in [0.05, 0.1) is 31.9 Å². The highest BCUT2D eigenvalue weighted by Crippen LogP contribution is 2.39. The van der Waals surface area contributed by atoms with Crippen molar-refractivity contribution in [1.82, 2.24) is 0 Å². The van der Waals surface area contributed by atoms with Gasteiger partial charge >= 0.3 is 0 Å². The van der Waals surface area contributed by atoms with Crippen LogP contribution in [0.5, 0.6) is 11.5 Å². The number of nitrogens with zero attached hydrogens (tertiary/aromatic N) is 1. The van der Waals surface area contributed by atoms with Crippen molar-refractivity contribution in [3.8, 4) is 11.5 Å². The number of carbonyl (C=O) groups is 2. The molecule has 6 nitrogen and oxygen atoms in total. The van der Waals surface area contributed by atoms with Gasteiger partial charge in [-0.2, -0.15) is 0 Å². The van der Waals surface area contributed by atoms with Crippen molar-refractivity contribution in [1.29, 1.82) is 0 Å². The third-order valence-electron chi connectivity index (χ3n) is 4.91. The predicted molar refractivity (Wildman–Crippen MR) is 98.3 cm³/mol. The highest BCUT2D eigenvalue weighted by molar-refractivity contribution is 6.08. The quantitative estimate of drug-likeness (QED) is 0.919. The van der Waals surface area contributed by atoms with Crippen LogP contribution >= 0.6 is 0 Å². The van der Waals surface area contributed by atoms with E-state index in [1.165, 1.54) is 14.2 Å². The Kier molecular flexibility index (Phi) is 4.03. The Morgan fingerprint density at radius 3 is 2.73 bits per heavy atom. The number of amides is 2. The SMILES string of the molecule is COc1cccc(C(=O)Nc2cc3c4c(c2)CC(=O)N4CCC3)c1OC. The molecule has 0 radical (unpaired) electrons. The maximum Gasteiger partial charge on any atom is 0.259 e. The maximum atomic E-state index is 12.8. The lowest BCUT2D eigenvalue weighted by Crippen LogP contribution is -2.31. The average molecular weight is 352 g/mol. The van der Waals surface area contributed by atoms with Crippen LogP contribution in [0.3, 0.4) is 0 Å². The molecule has 2 amide bonds. The van der Waals surface area contributed by atoms with Crippen LogP contribution in [0, 0.1) is 0 Å². The van der Waals surface area contributed by atoms with E-state index in [-0.39, 0.29) is 11.8 Å². The van der Waals surface area contributed by atoms with E-state index in [0.29, 0.717) is 29.2 Å². The monoisotopic (exact) mass is 352 g/mol. The average Bonchev–Trinajstić information content (AvgIpc) is 2.98. The minimum Gasteiger partial charge on any atom is -0.493 e. The van der Waals surface area contributed by atoms with Crippen molar-refractivity contribution in [2.24, 2.45) is 0 Å². The van der Waals surface area contributed by atoms with Crippen LogP contribution in [0.15, 0.2) is 30.3 Å². The Morgan fingerprint density at radius 2 is 1.96 bits per heavy atom. The van der Waals surface area contributed by atoms with Crippen LogP contribution in [0.2, 0.25) is 0 Å². The third kappa shape index (κ3) is 2.58. The molecular formula is C20H20N2O4. The molecule has 0 saturated carbocycles. The molecule has 1 N–H and O–H groups in total. The first-order chi connectivity index (χ1) is 12.6. The first-order valence-corrected chi connectivity index (χ1v) is 8.61. The maximum absolute atomic E-state index is 12.8. The molecule has 2 aliphatic rings. The number of hydrogen-bond donors (Lipinski definition) is 1. The lowest BCUT2D eigenvalue weighted by molar-refractivity contribution is -0.117. The molecular weight excluding hydrogens is 332 g/mol. The summed E-state index contributed by atoms with van der Waals surface area (Å²) in [6, 6.07) is 9.05. The summed E-state index contributed by atoms with van der Waals surface area (Å²) in [6.45, 7) is 0.783. The third-order valence-corrected chi connectivity index (χ3v) is 4.91. The van der Waals surface area contributed by atoms with Gasteiger partial charge in [-0.1, -0.05) is 6.07 Å². The molecule has 26 heavy (non-hydrogen) atoms. The highest BCUT2D eigenvalue weighted by atomic mass is 16.5. The van der Waals surface area contributed by atoms with E-state index in [9.17, 15) is 9.59 Å². The summed E-state index contributed by atoms with van der Waals surface area (Å²) in [4.78, 5) is 26.8. The second kappa shape index (κ2) is 6.37. The minimum absolute atomic E-state index is 0.138. The second-order valence-corrected chi connectivity index (χ2v) is 6.46. The van der Waals surface area contributed by atoms with Crippen molar-refractivity contribution in [3.05, 3.63) is 47.0 Å². The molecule has 2 aromatic carbocycles. The fourth-order valence-electron chi connectivity index (χ4n) is 3.82. The van der Waals surface area contributed by atoms with Gasteiger partial charge in [0.1, 0.15) is 0 Å². The van der Waals surface area contributed by atoms with Crippen molar-refractivity contribution in [3.63, 3.8) is 0 Å². The minimum atomic E-state index is -0.273. The fraction of sp³-hybridized carbons (Fsp3) is 0.300. The van der Waals surface area contributed by atoms with Crippen LogP contribution < -0.4 is 19.7 Å². The summed E-state index contributed by atoms with van der Waals surface area (Å²) in [7, 11) is 3.04. The lowest BCUT2D eigenvalue weighted by atomic mass is 9.99. The predicted octanol–water partition coefficient (Wildman–Crippen LogP) is 2.79. The van der Waals surface area contributed by atoms with Crippen LogP contribution in [0.4, 0.5) is 11.4 Å². The van der Waals surface area contributed by atoms with E-state index in [2.05, 4.69) is 5.32 Å². The Balaban J connectivity index is 1.66. The summed E-state index contributed by atoms with van der Waals surface area (Å²) >= 11 is 0. The molecule has 134 valence electrons. The number of nitrogens with one attached hydrogen (secondary N) is 1. The Bertz CT molecular complexity index is 907. The van der Waals surface area contributed by atoms with Crippen LogP contribution in [-0.4, -0.2) is 32.6 Å². The first-order valence-electron chi connectivity index (χ1n) is 8.61. The molecule has 0 atom stereocenters. The van der Waals surface area contributed by atoms with E-state index >= 15 is 0 Å². The van der Waals surface area contributed by atoms with Crippen molar-refractivity contribution in [2.75, 3.05) is 31.0 Å². The van der Waals surface area contributed by atoms with Gasteiger partial charge in [0.25, 0.3) is 5.91 Å². The number of anilines is 2. The molecule has 0 fully saturated rings. The van der Waals surface area contributed by atoms with Crippen LogP contribution in [0.25, 0.3) is 0 Å². The van der Waals surface area contributed by atoms with Crippen LogP contribution in [-0.2, 0) is 17.6 Å². The molecule has 0 saturated heterocycles. The normalized spacial score (nSPS) is 14.8. The van der Waals surface area contributed by atoms with Crippen molar-refractivity contribution >= 4 is 23.2 Å². The molecule has 6 heteroatoms. The number of aryl methyl sites for hydroxylation is 1. The molecule has 0 bridgehead atoms. The van der Waals surface area contributed by atoms with Crippen LogP contribution in [0.1, 0.15) is 27.9 Å². The Labute approximate surface area is 151 Å². The number of rotatable bonds is 4. The van der Waals surface area contributed by atoms with Gasteiger partial charge in [-0.15, -0.1) is 0 Å². The van der Waals surface area contributed by atoms with Crippen molar-refractivity contribution in [2.45, 2.75) is 19.3 Å². The molecule has 2 aliphatic heterocycles. The van der Waals surface area contributed by atoms with Gasteiger partial charge in [-0.25, -0.2) is 0 Å². The summed E-state index contributed by atoms with van der Waals surface area (Å²) in [5, 5.41) is 2.94. The summed E-state index contributed by atoms with van der Waals surface area (Å²) in [5.41, 5.74) is 4.25. The zero-order valence-corrected chi connectivity index (χ0v) is 14.8. The second-order valence-electron chi connectivity index (χ2n) is 6.46. The number of para-hydroxylation sites is 1. The van der Waals surface area contributed by atoms with Gasteiger partial charge in [0.15, 0.2) is 11.5 Å². The molecule has 0 spiro atoms. The van der Waals surface area contributed by atoms with Gasteiger partial charge in [0.2, 0.25) is 5.91 Å². The number of carbonyl (C=O) groups excluding carboxylic acids is 2. The van der Waals surface area contributed by atoms with E-state index < -0.39 is 0 Å². The molecule has 2 heterocycles. The van der Waals surface area contributed by atoms with Crippen molar-refractivity contribution < 1.29 is 19.1 Å². The Morgan fingerprint density at radius 1 is 1.15 bits per heavy atom. The number of hydrogen-bond acceptors (Lipinski definition) is 4. The topological polar surface area (TPSA) is 67.9 Å². The van der Waals surface area contributed by atoms with E-state index in [1.807, 2.05) is 17.0 Å². The molecule has 0 aliphatic carbocycles.